The Bertz CT molecular complexity index is 309. The van der Waals surface area contributed by atoms with Gasteiger partial charge in [0.25, 0.3) is 0 Å². The van der Waals surface area contributed by atoms with E-state index < -0.39 is 0 Å². The van der Waals surface area contributed by atoms with Crippen molar-refractivity contribution in [2.45, 2.75) is 51.2 Å². The van der Waals surface area contributed by atoms with Crippen LogP contribution in [0.1, 0.15) is 33.1 Å². The highest BCUT2D eigenvalue weighted by atomic mass is 16.2. The Morgan fingerprint density at radius 2 is 2.12 bits per heavy atom. The molecule has 0 aromatic rings. The van der Waals surface area contributed by atoms with Gasteiger partial charge in [-0.3, -0.25) is 9.59 Å². The molecule has 2 amide bonds. The van der Waals surface area contributed by atoms with E-state index in [9.17, 15) is 9.59 Å². The monoisotopic (exact) mass is 239 g/mol. The summed E-state index contributed by atoms with van der Waals surface area (Å²) in [6.07, 6.45) is 2.16. The van der Waals surface area contributed by atoms with E-state index in [4.69, 9.17) is 0 Å². The molecule has 0 aliphatic carbocycles. The molecule has 0 bridgehead atoms. The summed E-state index contributed by atoms with van der Waals surface area (Å²) in [4.78, 5) is 23.1. The first-order valence-electron chi connectivity index (χ1n) is 6.41. The van der Waals surface area contributed by atoms with E-state index in [1.54, 1.807) is 0 Å². The van der Waals surface area contributed by atoms with Crippen molar-refractivity contribution >= 4 is 11.8 Å². The van der Waals surface area contributed by atoms with Crippen LogP contribution in [0.25, 0.3) is 0 Å². The fraction of sp³-hybridized carbons (Fsp3) is 0.833. The fourth-order valence-electron chi connectivity index (χ4n) is 2.68. The van der Waals surface area contributed by atoms with E-state index in [0.29, 0.717) is 24.8 Å². The normalized spacial score (nSPS) is 37.6. The Morgan fingerprint density at radius 3 is 2.71 bits per heavy atom. The summed E-state index contributed by atoms with van der Waals surface area (Å²) in [6.45, 7) is 5.26. The summed E-state index contributed by atoms with van der Waals surface area (Å²) >= 11 is 0. The lowest BCUT2D eigenvalue weighted by atomic mass is 9.89. The first-order valence-corrected chi connectivity index (χ1v) is 6.41. The summed E-state index contributed by atoms with van der Waals surface area (Å²) in [6, 6.07) is 0.123. The van der Waals surface area contributed by atoms with E-state index in [1.165, 1.54) is 0 Å². The molecule has 0 aromatic heterocycles. The van der Waals surface area contributed by atoms with Crippen LogP contribution < -0.4 is 16.0 Å². The third-order valence-corrected chi connectivity index (χ3v) is 3.84. The zero-order chi connectivity index (χ0) is 12.4. The molecule has 96 valence electrons. The maximum Gasteiger partial charge on any atom is 0.242 e. The standard InChI is InChI=1S/C12H21N3O2/c1-7-5-6-13-8(2)11(7)15-12(17)9-3-4-10(16)14-9/h7-9,11,13H,3-6H2,1-2H3,(H,14,16)(H,15,17)/t7?,8?,9-,11?/m0/s1. The van der Waals surface area contributed by atoms with Crippen molar-refractivity contribution in [2.24, 2.45) is 5.92 Å². The third-order valence-electron chi connectivity index (χ3n) is 3.84. The molecule has 0 spiro atoms. The van der Waals surface area contributed by atoms with Crippen molar-refractivity contribution < 1.29 is 9.59 Å². The lowest BCUT2D eigenvalue weighted by Gasteiger charge is -2.36. The molecule has 0 radical (unpaired) electrons. The van der Waals surface area contributed by atoms with Gasteiger partial charge in [0.15, 0.2) is 0 Å². The van der Waals surface area contributed by atoms with Crippen molar-refractivity contribution in [1.82, 2.24) is 16.0 Å². The average molecular weight is 239 g/mol. The zero-order valence-electron chi connectivity index (χ0n) is 10.5. The van der Waals surface area contributed by atoms with Gasteiger partial charge in [0, 0.05) is 18.5 Å². The lowest BCUT2D eigenvalue weighted by molar-refractivity contribution is -0.126. The second kappa shape index (κ2) is 5.04. The van der Waals surface area contributed by atoms with Crippen LogP contribution in [-0.2, 0) is 9.59 Å². The molecule has 2 aliphatic rings. The predicted octanol–water partition coefficient (Wildman–Crippen LogP) is -0.232. The van der Waals surface area contributed by atoms with Gasteiger partial charge in [-0.25, -0.2) is 0 Å². The highest BCUT2D eigenvalue weighted by Crippen LogP contribution is 2.17. The van der Waals surface area contributed by atoms with Gasteiger partial charge in [-0.2, -0.15) is 0 Å². The van der Waals surface area contributed by atoms with Crippen LogP contribution in [0.5, 0.6) is 0 Å². The van der Waals surface area contributed by atoms with Gasteiger partial charge in [-0.1, -0.05) is 6.92 Å². The molecule has 2 fully saturated rings. The summed E-state index contributed by atoms with van der Waals surface area (Å²) < 4.78 is 0. The van der Waals surface area contributed by atoms with Crippen molar-refractivity contribution in [3.8, 4) is 0 Å². The van der Waals surface area contributed by atoms with Crippen LogP contribution in [-0.4, -0.2) is 36.5 Å². The molecule has 2 saturated heterocycles. The van der Waals surface area contributed by atoms with Crippen LogP contribution >= 0.6 is 0 Å². The summed E-state index contributed by atoms with van der Waals surface area (Å²) in [5, 5.41) is 9.13. The molecule has 2 rings (SSSR count). The molecular formula is C12H21N3O2. The second-order valence-corrected chi connectivity index (χ2v) is 5.20. The van der Waals surface area contributed by atoms with E-state index in [-0.39, 0.29) is 23.9 Å². The molecule has 2 aliphatic heterocycles. The number of carbonyl (C=O) groups is 2. The predicted molar refractivity (Wildman–Crippen MR) is 64.3 cm³/mol. The summed E-state index contributed by atoms with van der Waals surface area (Å²) in [5.41, 5.74) is 0. The molecule has 5 nitrogen and oxygen atoms in total. The maximum absolute atomic E-state index is 12.0. The molecule has 17 heavy (non-hydrogen) atoms. The lowest BCUT2D eigenvalue weighted by Crippen LogP contribution is -2.58. The average Bonchev–Trinajstić information content (AvgIpc) is 2.70. The molecule has 2 heterocycles. The minimum Gasteiger partial charge on any atom is -0.350 e. The van der Waals surface area contributed by atoms with Crippen molar-refractivity contribution in [2.75, 3.05) is 6.54 Å². The number of hydrogen-bond donors (Lipinski definition) is 3. The van der Waals surface area contributed by atoms with Gasteiger partial charge < -0.3 is 16.0 Å². The number of carbonyl (C=O) groups excluding carboxylic acids is 2. The number of amides is 2. The molecule has 3 N–H and O–H groups in total. The van der Waals surface area contributed by atoms with Gasteiger partial charge in [0.2, 0.25) is 11.8 Å². The Morgan fingerprint density at radius 1 is 1.35 bits per heavy atom. The van der Waals surface area contributed by atoms with Crippen LogP contribution in [0.3, 0.4) is 0 Å². The third kappa shape index (κ3) is 2.77. The SMILES string of the molecule is CC1CCNC(C)C1NC(=O)[C@@H]1CCC(=O)N1. The Kier molecular flexibility index (Phi) is 3.66. The van der Waals surface area contributed by atoms with Crippen LogP contribution in [0.4, 0.5) is 0 Å². The van der Waals surface area contributed by atoms with Crippen molar-refractivity contribution in [1.29, 1.82) is 0 Å². The number of rotatable bonds is 2. The van der Waals surface area contributed by atoms with E-state index in [0.717, 1.165) is 13.0 Å². The number of piperidine rings is 1. The smallest absolute Gasteiger partial charge is 0.242 e. The molecule has 0 saturated carbocycles. The minimum absolute atomic E-state index is 0.0204. The van der Waals surface area contributed by atoms with Gasteiger partial charge in [-0.15, -0.1) is 0 Å². The quantitative estimate of drug-likeness (QED) is 0.623. The summed E-state index contributed by atoms with van der Waals surface area (Å²) in [5.74, 6) is 0.420. The fourth-order valence-corrected chi connectivity index (χ4v) is 2.68. The zero-order valence-corrected chi connectivity index (χ0v) is 10.5. The highest BCUT2D eigenvalue weighted by Gasteiger charge is 2.33. The molecule has 5 heteroatoms. The highest BCUT2D eigenvalue weighted by molar-refractivity contribution is 5.90. The van der Waals surface area contributed by atoms with Crippen LogP contribution in [0, 0.1) is 5.92 Å². The summed E-state index contributed by atoms with van der Waals surface area (Å²) in [7, 11) is 0. The molecule has 3 unspecified atom stereocenters. The number of nitrogens with one attached hydrogen (secondary N) is 3. The van der Waals surface area contributed by atoms with E-state index in [1.807, 2.05) is 0 Å². The Labute approximate surface area is 102 Å². The van der Waals surface area contributed by atoms with Gasteiger partial charge >= 0.3 is 0 Å². The first-order chi connectivity index (χ1) is 8.08. The molecule has 0 aromatic carbocycles. The maximum atomic E-state index is 12.0. The van der Waals surface area contributed by atoms with Gasteiger partial charge in [0.05, 0.1) is 0 Å². The van der Waals surface area contributed by atoms with Gasteiger partial charge in [-0.05, 0) is 32.2 Å². The Balaban J connectivity index is 1.90. The van der Waals surface area contributed by atoms with Crippen molar-refractivity contribution in [3.05, 3.63) is 0 Å². The largest absolute Gasteiger partial charge is 0.350 e. The van der Waals surface area contributed by atoms with Crippen LogP contribution in [0.15, 0.2) is 0 Å². The second-order valence-electron chi connectivity index (χ2n) is 5.20. The first kappa shape index (κ1) is 12.4. The van der Waals surface area contributed by atoms with E-state index in [2.05, 4.69) is 29.8 Å². The van der Waals surface area contributed by atoms with E-state index >= 15 is 0 Å². The molecule has 4 atom stereocenters. The molecular weight excluding hydrogens is 218 g/mol. The Hall–Kier alpha value is -1.10. The minimum atomic E-state index is -0.330. The van der Waals surface area contributed by atoms with Gasteiger partial charge in [0.1, 0.15) is 6.04 Å². The number of hydrogen-bond acceptors (Lipinski definition) is 3. The van der Waals surface area contributed by atoms with Crippen LogP contribution in [0.2, 0.25) is 0 Å². The topological polar surface area (TPSA) is 70.2 Å². The van der Waals surface area contributed by atoms with Crippen molar-refractivity contribution in [3.63, 3.8) is 0 Å².